The third kappa shape index (κ3) is 2.12. The van der Waals surface area contributed by atoms with E-state index in [9.17, 15) is 0 Å². The van der Waals surface area contributed by atoms with E-state index in [-0.39, 0.29) is 0 Å². The van der Waals surface area contributed by atoms with Crippen LogP contribution in [0.5, 0.6) is 0 Å². The summed E-state index contributed by atoms with van der Waals surface area (Å²) in [5, 5.41) is 7.23. The van der Waals surface area contributed by atoms with E-state index in [0.717, 1.165) is 18.1 Å². The molecule has 4 heteroatoms. The highest BCUT2D eigenvalue weighted by Gasteiger charge is 2.19. The van der Waals surface area contributed by atoms with Crippen LogP contribution in [0.25, 0.3) is 0 Å². The number of nitrogens with zero attached hydrogens (tertiary/aromatic N) is 2. The normalized spacial score (nSPS) is 18.6. The third-order valence-electron chi connectivity index (χ3n) is 2.90. The molecular weight excluding hydrogens is 176 g/mol. The molecule has 0 aliphatic heterocycles. The Kier molecular flexibility index (Phi) is 3.14. The summed E-state index contributed by atoms with van der Waals surface area (Å²) in [6, 6.07) is 0. The number of H-pyrrole nitrogens is 1. The van der Waals surface area contributed by atoms with Crippen LogP contribution in [0.15, 0.2) is 0 Å². The lowest BCUT2D eigenvalue weighted by Gasteiger charge is -2.17. The summed E-state index contributed by atoms with van der Waals surface area (Å²) >= 11 is 0. The fraction of sp³-hybridized carbons (Fsp3) is 0.800. The van der Waals surface area contributed by atoms with Gasteiger partial charge in [-0.25, -0.2) is 4.98 Å². The standard InChI is InChI=1S/C10H18N4/c11-7-6-9-12-10(14-13-9)8-4-2-1-3-5-8/h8H,1-7,11H2,(H,12,13,14). The van der Waals surface area contributed by atoms with Gasteiger partial charge in [-0.2, -0.15) is 5.10 Å². The molecule has 0 spiro atoms. The van der Waals surface area contributed by atoms with E-state index in [4.69, 9.17) is 5.73 Å². The quantitative estimate of drug-likeness (QED) is 0.763. The molecule has 0 aromatic carbocycles. The fourth-order valence-electron chi connectivity index (χ4n) is 2.10. The maximum absolute atomic E-state index is 5.46. The lowest BCUT2D eigenvalue weighted by molar-refractivity contribution is 0.429. The molecule has 3 N–H and O–H groups in total. The van der Waals surface area contributed by atoms with Gasteiger partial charge in [0.1, 0.15) is 5.82 Å². The van der Waals surface area contributed by atoms with E-state index in [1.807, 2.05) is 0 Å². The van der Waals surface area contributed by atoms with Gasteiger partial charge in [0, 0.05) is 12.3 Å². The van der Waals surface area contributed by atoms with Crippen LogP contribution >= 0.6 is 0 Å². The first-order valence-electron chi connectivity index (χ1n) is 5.51. The van der Waals surface area contributed by atoms with Crippen LogP contribution in [0.4, 0.5) is 0 Å². The molecule has 0 bridgehead atoms. The van der Waals surface area contributed by atoms with Gasteiger partial charge < -0.3 is 5.73 Å². The number of hydrogen-bond donors (Lipinski definition) is 2. The maximum Gasteiger partial charge on any atom is 0.153 e. The number of aromatic amines is 1. The summed E-state index contributed by atoms with van der Waals surface area (Å²) in [4.78, 5) is 4.48. The van der Waals surface area contributed by atoms with E-state index >= 15 is 0 Å². The first-order chi connectivity index (χ1) is 6.90. The van der Waals surface area contributed by atoms with Crippen molar-refractivity contribution in [1.29, 1.82) is 0 Å². The molecule has 0 amide bonds. The van der Waals surface area contributed by atoms with Gasteiger partial charge in [-0.3, -0.25) is 5.10 Å². The zero-order valence-corrected chi connectivity index (χ0v) is 8.50. The first kappa shape index (κ1) is 9.65. The van der Waals surface area contributed by atoms with E-state index in [1.54, 1.807) is 0 Å². The molecule has 1 aromatic heterocycles. The topological polar surface area (TPSA) is 67.6 Å². The lowest BCUT2D eigenvalue weighted by Crippen LogP contribution is -2.07. The molecule has 0 saturated heterocycles. The Morgan fingerprint density at radius 2 is 2.07 bits per heavy atom. The molecule has 0 atom stereocenters. The van der Waals surface area contributed by atoms with E-state index in [0.29, 0.717) is 12.5 Å². The van der Waals surface area contributed by atoms with Crippen molar-refractivity contribution in [2.45, 2.75) is 44.4 Å². The second-order valence-electron chi connectivity index (χ2n) is 4.01. The van der Waals surface area contributed by atoms with Crippen molar-refractivity contribution in [3.8, 4) is 0 Å². The van der Waals surface area contributed by atoms with Crippen molar-refractivity contribution in [1.82, 2.24) is 15.2 Å². The Morgan fingerprint density at radius 3 is 2.79 bits per heavy atom. The molecule has 1 aromatic rings. The Hall–Kier alpha value is -0.900. The Balaban J connectivity index is 2.00. The maximum atomic E-state index is 5.46. The number of aromatic nitrogens is 3. The highest BCUT2D eigenvalue weighted by molar-refractivity contribution is 4.99. The molecular formula is C10H18N4. The lowest BCUT2D eigenvalue weighted by atomic mass is 9.89. The average molecular weight is 194 g/mol. The summed E-state index contributed by atoms with van der Waals surface area (Å²) < 4.78 is 0. The van der Waals surface area contributed by atoms with Gasteiger partial charge in [0.25, 0.3) is 0 Å². The van der Waals surface area contributed by atoms with Gasteiger partial charge in [-0.1, -0.05) is 19.3 Å². The molecule has 4 nitrogen and oxygen atoms in total. The molecule has 1 fully saturated rings. The van der Waals surface area contributed by atoms with Crippen LogP contribution in [0.1, 0.15) is 49.7 Å². The van der Waals surface area contributed by atoms with Gasteiger partial charge in [-0.15, -0.1) is 0 Å². The number of hydrogen-bond acceptors (Lipinski definition) is 3. The van der Waals surface area contributed by atoms with Gasteiger partial charge in [-0.05, 0) is 19.4 Å². The highest BCUT2D eigenvalue weighted by atomic mass is 15.2. The molecule has 1 heterocycles. The number of nitrogens with one attached hydrogen (secondary N) is 1. The summed E-state index contributed by atoms with van der Waals surface area (Å²) in [6.45, 7) is 0.638. The Morgan fingerprint density at radius 1 is 1.29 bits per heavy atom. The van der Waals surface area contributed by atoms with Crippen molar-refractivity contribution >= 4 is 0 Å². The minimum absolute atomic E-state index is 0.589. The Bertz CT molecular complexity index is 275. The Labute approximate surface area is 84.3 Å². The molecule has 1 saturated carbocycles. The first-order valence-corrected chi connectivity index (χ1v) is 5.51. The monoisotopic (exact) mass is 194 g/mol. The van der Waals surface area contributed by atoms with Crippen molar-refractivity contribution in [3.05, 3.63) is 11.6 Å². The van der Waals surface area contributed by atoms with Crippen LogP contribution in [0, 0.1) is 0 Å². The van der Waals surface area contributed by atoms with Gasteiger partial charge in [0.2, 0.25) is 0 Å². The predicted molar refractivity (Wildman–Crippen MR) is 55.0 cm³/mol. The van der Waals surface area contributed by atoms with Gasteiger partial charge >= 0.3 is 0 Å². The van der Waals surface area contributed by atoms with Crippen LogP contribution in [0.2, 0.25) is 0 Å². The van der Waals surface area contributed by atoms with Crippen LogP contribution in [-0.2, 0) is 6.42 Å². The van der Waals surface area contributed by atoms with Crippen LogP contribution < -0.4 is 5.73 Å². The molecule has 78 valence electrons. The second kappa shape index (κ2) is 4.55. The van der Waals surface area contributed by atoms with Gasteiger partial charge in [0.05, 0.1) is 0 Å². The number of nitrogens with two attached hydrogens (primary N) is 1. The minimum atomic E-state index is 0.589. The summed E-state index contributed by atoms with van der Waals surface area (Å²) in [7, 11) is 0. The van der Waals surface area contributed by atoms with Crippen molar-refractivity contribution in [2.24, 2.45) is 5.73 Å². The van der Waals surface area contributed by atoms with Crippen molar-refractivity contribution in [2.75, 3.05) is 6.54 Å². The van der Waals surface area contributed by atoms with Crippen molar-refractivity contribution < 1.29 is 0 Å². The molecule has 0 unspecified atom stereocenters. The summed E-state index contributed by atoms with van der Waals surface area (Å²) in [6.07, 6.45) is 7.33. The van der Waals surface area contributed by atoms with Crippen LogP contribution in [0.3, 0.4) is 0 Å². The zero-order valence-electron chi connectivity index (χ0n) is 8.50. The molecule has 14 heavy (non-hydrogen) atoms. The largest absolute Gasteiger partial charge is 0.330 e. The molecule has 2 rings (SSSR count). The average Bonchev–Trinajstić information content (AvgIpc) is 2.68. The SMILES string of the molecule is NCCc1nc(C2CCCCC2)n[nH]1. The van der Waals surface area contributed by atoms with Crippen LogP contribution in [-0.4, -0.2) is 21.7 Å². The minimum Gasteiger partial charge on any atom is -0.330 e. The third-order valence-corrected chi connectivity index (χ3v) is 2.90. The highest BCUT2D eigenvalue weighted by Crippen LogP contribution is 2.30. The fourth-order valence-corrected chi connectivity index (χ4v) is 2.10. The van der Waals surface area contributed by atoms with E-state index < -0.39 is 0 Å². The summed E-state index contributed by atoms with van der Waals surface area (Å²) in [5.41, 5.74) is 5.46. The summed E-state index contributed by atoms with van der Waals surface area (Å²) in [5.74, 6) is 2.53. The number of rotatable bonds is 3. The molecule has 0 radical (unpaired) electrons. The zero-order chi connectivity index (χ0) is 9.80. The second-order valence-corrected chi connectivity index (χ2v) is 4.01. The predicted octanol–water partition coefficient (Wildman–Crippen LogP) is 1.35. The smallest absolute Gasteiger partial charge is 0.153 e. The molecule has 1 aliphatic rings. The van der Waals surface area contributed by atoms with Crippen molar-refractivity contribution in [3.63, 3.8) is 0 Å². The molecule has 1 aliphatic carbocycles. The van der Waals surface area contributed by atoms with Gasteiger partial charge in [0.15, 0.2) is 5.82 Å². The van der Waals surface area contributed by atoms with E-state index in [1.165, 1.54) is 32.1 Å². The van der Waals surface area contributed by atoms with E-state index in [2.05, 4.69) is 15.2 Å².